The van der Waals surface area contributed by atoms with Crippen molar-refractivity contribution in [2.45, 2.75) is 42.0 Å². The van der Waals surface area contributed by atoms with E-state index in [1.54, 1.807) is 6.92 Å². The summed E-state index contributed by atoms with van der Waals surface area (Å²) in [5, 5.41) is 23.5. The molecule has 0 heterocycles. The number of rotatable bonds is 16. The maximum Gasteiger partial charge on any atom is 0.289 e. The fourth-order valence-electron chi connectivity index (χ4n) is 5.10. The summed E-state index contributed by atoms with van der Waals surface area (Å²) in [7, 11) is -8.82. The summed E-state index contributed by atoms with van der Waals surface area (Å²) in [5.41, 5.74) is 0.564. The fraction of sp³-hybridized carbons (Fsp3) is 0.250. The molecular weight excluding hydrogens is 633 g/mol. The van der Waals surface area contributed by atoms with Crippen LogP contribution in [0.1, 0.15) is 24.5 Å². The van der Waals surface area contributed by atoms with E-state index in [-0.39, 0.29) is 26.1 Å². The van der Waals surface area contributed by atoms with Gasteiger partial charge in [-0.1, -0.05) is 84.9 Å². The Labute approximate surface area is 268 Å². The molecule has 242 valence electrons. The first-order valence-electron chi connectivity index (χ1n) is 14.5. The van der Waals surface area contributed by atoms with Crippen LogP contribution in [0.3, 0.4) is 0 Å². The van der Waals surface area contributed by atoms with Crippen molar-refractivity contribution in [3.05, 3.63) is 141 Å². The van der Waals surface area contributed by atoms with Gasteiger partial charge in [0.05, 0.1) is 9.85 Å². The van der Waals surface area contributed by atoms with Gasteiger partial charge in [-0.15, -0.1) is 0 Å². The van der Waals surface area contributed by atoms with Gasteiger partial charge < -0.3 is 0 Å². The van der Waals surface area contributed by atoms with E-state index in [0.29, 0.717) is 12.8 Å². The quantitative estimate of drug-likeness (QED) is 0.113. The number of hydrogen-bond acceptors (Lipinski definition) is 8. The van der Waals surface area contributed by atoms with E-state index in [4.69, 9.17) is 0 Å². The first-order valence-corrected chi connectivity index (χ1v) is 17.4. The van der Waals surface area contributed by atoms with E-state index >= 15 is 0 Å². The van der Waals surface area contributed by atoms with Gasteiger partial charge in [0.15, 0.2) is 9.79 Å². The van der Waals surface area contributed by atoms with Crippen LogP contribution in [-0.4, -0.2) is 61.0 Å². The van der Waals surface area contributed by atoms with Crippen LogP contribution >= 0.6 is 0 Å². The molecule has 0 aliphatic heterocycles. The summed E-state index contributed by atoms with van der Waals surface area (Å²) in [6.45, 7) is 1.40. The van der Waals surface area contributed by atoms with Crippen molar-refractivity contribution in [2.24, 2.45) is 0 Å². The predicted octanol–water partition coefficient (Wildman–Crippen LogP) is 5.45. The second-order valence-electron chi connectivity index (χ2n) is 10.6. The van der Waals surface area contributed by atoms with E-state index < -0.39 is 57.1 Å². The Morgan fingerprint density at radius 1 is 0.587 bits per heavy atom. The first-order chi connectivity index (χ1) is 21.9. The number of sulfonamides is 2. The maximum atomic E-state index is 14.0. The average molecular weight is 667 g/mol. The third kappa shape index (κ3) is 8.20. The molecule has 0 amide bonds. The smallest absolute Gasteiger partial charge is 0.258 e. The van der Waals surface area contributed by atoms with Gasteiger partial charge in [0.2, 0.25) is 20.0 Å². The van der Waals surface area contributed by atoms with Crippen LogP contribution in [0.15, 0.2) is 119 Å². The lowest BCUT2D eigenvalue weighted by atomic mass is 10.1. The van der Waals surface area contributed by atoms with Crippen LogP contribution in [-0.2, 0) is 32.9 Å². The summed E-state index contributed by atoms with van der Waals surface area (Å²) in [4.78, 5) is 21.1. The minimum absolute atomic E-state index is 0.00328. The molecule has 0 bridgehead atoms. The van der Waals surface area contributed by atoms with E-state index in [1.165, 1.54) is 36.4 Å². The molecular formula is C32H34N4O8S2. The zero-order chi connectivity index (χ0) is 33.3. The van der Waals surface area contributed by atoms with Gasteiger partial charge in [-0.3, -0.25) is 20.2 Å². The lowest BCUT2D eigenvalue weighted by Crippen LogP contribution is -2.43. The standard InChI is InChI=1S/C32H34N4O8S2/c1-26(34(25-22-28-14-6-3-7-15-28)46(43,44)32-19-11-9-17-30(32)36(39)40)20-23-33(24-21-27-12-4-2-5-13-27)45(41,42)31-18-10-8-16-29(31)35(37)38/h2-19,26H,20-25H2,1H3. The zero-order valence-electron chi connectivity index (χ0n) is 25.1. The van der Waals surface area contributed by atoms with Crippen molar-refractivity contribution < 1.29 is 26.7 Å². The van der Waals surface area contributed by atoms with Crippen LogP contribution in [0.5, 0.6) is 0 Å². The van der Waals surface area contributed by atoms with Gasteiger partial charge in [-0.2, -0.15) is 8.61 Å². The third-order valence-electron chi connectivity index (χ3n) is 7.57. The maximum absolute atomic E-state index is 14.0. The highest BCUT2D eigenvalue weighted by molar-refractivity contribution is 7.89. The van der Waals surface area contributed by atoms with E-state index in [0.717, 1.165) is 31.9 Å². The lowest BCUT2D eigenvalue weighted by Gasteiger charge is -2.30. The molecule has 0 saturated carbocycles. The van der Waals surface area contributed by atoms with Crippen molar-refractivity contribution in [2.75, 3.05) is 19.6 Å². The van der Waals surface area contributed by atoms with Gasteiger partial charge in [0.25, 0.3) is 11.4 Å². The number of nitro benzene ring substituents is 2. The summed E-state index contributed by atoms with van der Waals surface area (Å²) in [5.74, 6) is 0. The molecule has 0 N–H and O–H groups in total. The SMILES string of the molecule is CC(CCN(CCc1ccccc1)S(=O)(=O)c1ccccc1[N+](=O)[O-])N(CCc1ccccc1)S(=O)(=O)c1ccccc1[N+](=O)[O-]. The monoisotopic (exact) mass is 666 g/mol. The second kappa shape index (κ2) is 15.2. The van der Waals surface area contributed by atoms with Crippen molar-refractivity contribution in [1.82, 2.24) is 8.61 Å². The van der Waals surface area contributed by atoms with E-state index in [2.05, 4.69) is 0 Å². The molecule has 4 rings (SSSR count). The van der Waals surface area contributed by atoms with Crippen LogP contribution < -0.4 is 0 Å². The predicted molar refractivity (Wildman–Crippen MR) is 173 cm³/mol. The normalized spacial score (nSPS) is 12.7. The number of benzene rings is 4. The van der Waals surface area contributed by atoms with Crippen LogP contribution in [0.25, 0.3) is 0 Å². The van der Waals surface area contributed by atoms with Crippen molar-refractivity contribution >= 4 is 31.4 Å². The minimum Gasteiger partial charge on any atom is -0.258 e. The lowest BCUT2D eigenvalue weighted by molar-refractivity contribution is -0.388. The Balaban J connectivity index is 1.68. The molecule has 4 aromatic carbocycles. The van der Waals surface area contributed by atoms with Crippen molar-refractivity contribution in [3.63, 3.8) is 0 Å². The highest BCUT2D eigenvalue weighted by atomic mass is 32.2. The van der Waals surface area contributed by atoms with Gasteiger partial charge in [0.1, 0.15) is 0 Å². The Morgan fingerprint density at radius 2 is 1.00 bits per heavy atom. The summed E-state index contributed by atoms with van der Waals surface area (Å²) < 4.78 is 58.2. The highest BCUT2D eigenvalue weighted by Crippen LogP contribution is 2.30. The molecule has 46 heavy (non-hydrogen) atoms. The minimum atomic E-state index is -4.42. The molecule has 4 aromatic rings. The van der Waals surface area contributed by atoms with Crippen LogP contribution in [0, 0.1) is 20.2 Å². The highest BCUT2D eigenvalue weighted by Gasteiger charge is 2.36. The molecule has 0 aliphatic carbocycles. The molecule has 14 heteroatoms. The van der Waals surface area contributed by atoms with Gasteiger partial charge >= 0.3 is 0 Å². The largest absolute Gasteiger partial charge is 0.289 e. The topological polar surface area (TPSA) is 161 Å². The zero-order valence-corrected chi connectivity index (χ0v) is 26.7. The molecule has 0 radical (unpaired) electrons. The average Bonchev–Trinajstić information content (AvgIpc) is 3.05. The molecule has 0 saturated heterocycles. The molecule has 1 unspecified atom stereocenters. The van der Waals surface area contributed by atoms with Gasteiger partial charge in [-0.25, -0.2) is 16.8 Å². The van der Waals surface area contributed by atoms with E-state index in [1.807, 2.05) is 60.7 Å². The van der Waals surface area contributed by atoms with Crippen LogP contribution in [0.4, 0.5) is 11.4 Å². The molecule has 0 aliphatic rings. The Kier molecular flexibility index (Phi) is 11.4. The Morgan fingerprint density at radius 3 is 1.48 bits per heavy atom. The van der Waals surface area contributed by atoms with Crippen LogP contribution in [0.2, 0.25) is 0 Å². The first kappa shape index (κ1) is 34.4. The molecule has 0 fully saturated rings. The molecule has 0 spiro atoms. The second-order valence-corrected chi connectivity index (χ2v) is 14.3. The Hall–Kier alpha value is -4.50. The van der Waals surface area contributed by atoms with Crippen molar-refractivity contribution in [3.8, 4) is 0 Å². The number of hydrogen-bond donors (Lipinski definition) is 0. The van der Waals surface area contributed by atoms with Gasteiger partial charge in [0, 0.05) is 37.8 Å². The number of nitrogens with zero attached hydrogens (tertiary/aromatic N) is 4. The van der Waals surface area contributed by atoms with Crippen molar-refractivity contribution in [1.29, 1.82) is 0 Å². The van der Waals surface area contributed by atoms with Gasteiger partial charge in [-0.05, 0) is 49.4 Å². The third-order valence-corrected chi connectivity index (χ3v) is 11.6. The Bertz CT molecular complexity index is 1870. The fourth-order valence-corrected chi connectivity index (χ4v) is 8.54. The van der Waals surface area contributed by atoms with E-state index in [9.17, 15) is 37.1 Å². The number of para-hydroxylation sites is 2. The number of nitro groups is 2. The molecule has 1 atom stereocenters. The summed E-state index contributed by atoms with van der Waals surface area (Å²) in [6.07, 6.45) is 0.613. The molecule has 12 nitrogen and oxygen atoms in total. The summed E-state index contributed by atoms with van der Waals surface area (Å²) in [6, 6.07) is 27.6. The molecule has 0 aromatic heterocycles. The summed E-state index contributed by atoms with van der Waals surface area (Å²) >= 11 is 0.